The van der Waals surface area contributed by atoms with Gasteiger partial charge in [-0.15, -0.1) is 0 Å². The van der Waals surface area contributed by atoms with Crippen LogP contribution in [-0.2, 0) is 10.2 Å². The topological polar surface area (TPSA) is 136 Å². The van der Waals surface area contributed by atoms with Crippen LogP contribution in [0.5, 0.6) is 11.5 Å². The van der Waals surface area contributed by atoms with E-state index < -0.39 is 0 Å². The summed E-state index contributed by atoms with van der Waals surface area (Å²) < 4.78 is 12.5. The van der Waals surface area contributed by atoms with E-state index in [1.54, 1.807) is 12.1 Å². The Kier molecular flexibility index (Phi) is 6.70. The van der Waals surface area contributed by atoms with Crippen molar-refractivity contribution < 1.29 is 14.3 Å². The van der Waals surface area contributed by atoms with Crippen molar-refractivity contribution in [2.75, 3.05) is 38.6 Å². The van der Waals surface area contributed by atoms with Crippen molar-refractivity contribution >= 4 is 29.3 Å². The fourth-order valence-corrected chi connectivity index (χ4v) is 4.26. The summed E-state index contributed by atoms with van der Waals surface area (Å²) in [6, 6.07) is 13.3. The number of carbonyl (C=O) groups is 1. The zero-order chi connectivity index (χ0) is 27.7. The molecule has 11 nitrogen and oxygen atoms in total. The Labute approximate surface area is 226 Å². The van der Waals surface area contributed by atoms with E-state index in [0.29, 0.717) is 35.1 Å². The molecule has 0 atom stereocenters. The first kappa shape index (κ1) is 25.8. The van der Waals surface area contributed by atoms with E-state index in [1.165, 1.54) is 0 Å². The van der Waals surface area contributed by atoms with Crippen LogP contribution in [-0.4, -0.2) is 57.3 Å². The molecule has 2 aromatic carbocycles. The second kappa shape index (κ2) is 10.1. The highest BCUT2D eigenvalue weighted by Crippen LogP contribution is 2.33. The van der Waals surface area contributed by atoms with E-state index in [1.807, 2.05) is 43.3 Å². The summed E-state index contributed by atoms with van der Waals surface area (Å²) in [7, 11) is 3.88. The Morgan fingerprint density at radius 3 is 2.54 bits per heavy atom. The number of hydrogen-bond donors (Lipinski definition) is 3. The van der Waals surface area contributed by atoms with Gasteiger partial charge in [0.1, 0.15) is 29.6 Å². The maximum atomic E-state index is 12.2. The van der Waals surface area contributed by atoms with Gasteiger partial charge in [-0.05, 0) is 29.7 Å². The molecule has 3 N–H and O–H groups in total. The van der Waals surface area contributed by atoms with Crippen molar-refractivity contribution in [2.24, 2.45) is 15.0 Å². The molecule has 3 heterocycles. The van der Waals surface area contributed by atoms with Crippen LogP contribution >= 0.6 is 0 Å². The summed E-state index contributed by atoms with van der Waals surface area (Å²) in [5, 5.41) is 18.6. The lowest BCUT2D eigenvalue weighted by molar-refractivity contribution is -0.119. The summed E-state index contributed by atoms with van der Waals surface area (Å²) in [5.41, 5.74) is 3.20. The third-order valence-electron chi connectivity index (χ3n) is 6.22. The quantitative estimate of drug-likeness (QED) is 0.544. The van der Waals surface area contributed by atoms with Gasteiger partial charge in [0.15, 0.2) is 5.84 Å². The number of anilines is 1. The lowest BCUT2D eigenvalue weighted by Gasteiger charge is -2.27. The Balaban J connectivity index is 1.55. The van der Waals surface area contributed by atoms with E-state index in [9.17, 15) is 10.1 Å². The van der Waals surface area contributed by atoms with Crippen molar-refractivity contribution in [3.63, 3.8) is 0 Å². The molecule has 0 bridgehead atoms. The van der Waals surface area contributed by atoms with Gasteiger partial charge in [-0.2, -0.15) is 10.3 Å². The highest BCUT2D eigenvalue weighted by Gasteiger charge is 2.30. The van der Waals surface area contributed by atoms with Gasteiger partial charge in [0.05, 0.1) is 18.2 Å². The standard InChI is InChI=1S/C28H30N8O3/c1-28(2,3)20-7-6-16(14-29)10-21(20)39-27-34-25-23(33-22(37)15-32-25)26(35-27)38-19-12-17(24-30-8-9-31-24)11-18(13-19)36(4)5/h6-7,10-13H,8-9,15H2,1-5H3,(H,30,31)(H,33,37)(H,32,34,35). The molecule has 0 saturated heterocycles. The van der Waals surface area contributed by atoms with Gasteiger partial charge in [0.25, 0.3) is 5.88 Å². The first-order chi connectivity index (χ1) is 18.6. The van der Waals surface area contributed by atoms with Crippen LogP contribution in [0.4, 0.5) is 5.69 Å². The number of nitrogens with zero attached hydrogens (tertiary/aromatic N) is 5. The largest absolute Gasteiger partial charge is 0.437 e. The van der Waals surface area contributed by atoms with E-state index in [0.717, 1.165) is 29.2 Å². The number of carbonyl (C=O) groups excluding carboxylic acids is 1. The molecule has 5 rings (SSSR count). The molecule has 0 unspecified atom stereocenters. The normalized spacial score (nSPS) is 16.5. The first-order valence-corrected chi connectivity index (χ1v) is 12.6. The summed E-state index contributed by atoms with van der Waals surface area (Å²) in [6.07, 6.45) is 0. The van der Waals surface area contributed by atoms with Crippen molar-refractivity contribution in [1.29, 1.82) is 5.26 Å². The second-order valence-corrected chi connectivity index (χ2v) is 10.5. The molecule has 0 aliphatic carbocycles. The molecule has 0 spiro atoms. The molecule has 0 aromatic heterocycles. The Bertz CT molecular complexity index is 1510. The molecule has 1 amide bonds. The van der Waals surface area contributed by atoms with Crippen molar-refractivity contribution in [3.05, 3.63) is 64.7 Å². The predicted molar refractivity (Wildman–Crippen MR) is 149 cm³/mol. The van der Waals surface area contributed by atoms with E-state index in [-0.39, 0.29) is 29.8 Å². The molecule has 0 fully saturated rings. The van der Waals surface area contributed by atoms with E-state index >= 15 is 0 Å². The van der Waals surface area contributed by atoms with Crippen LogP contribution in [0.2, 0.25) is 0 Å². The van der Waals surface area contributed by atoms with Crippen molar-refractivity contribution in [3.8, 4) is 17.6 Å². The lowest BCUT2D eigenvalue weighted by Crippen LogP contribution is -2.48. The molecule has 11 heteroatoms. The van der Waals surface area contributed by atoms with Gasteiger partial charge in [-0.3, -0.25) is 20.1 Å². The number of nitriles is 1. The molecule has 3 aliphatic rings. The zero-order valence-electron chi connectivity index (χ0n) is 22.5. The number of hydrogen-bond acceptors (Lipinski definition) is 10. The van der Waals surface area contributed by atoms with Crippen LogP contribution in [0.15, 0.2) is 63.0 Å². The maximum absolute atomic E-state index is 12.2. The van der Waals surface area contributed by atoms with Crippen LogP contribution in [0.3, 0.4) is 0 Å². The van der Waals surface area contributed by atoms with Gasteiger partial charge >= 0.3 is 6.02 Å². The molecular weight excluding hydrogens is 496 g/mol. The zero-order valence-corrected chi connectivity index (χ0v) is 22.5. The van der Waals surface area contributed by atoms with Crippen LogP contribution in [0.25, 0.3) is 0 Å². The average Bonchev–Trinajstić information content (AvgIpc) is 3.43. The highest BCUT2D eigenvalue weighted by molar-refractivity contribution is 6.13. The summed E-state index contributed by atoms with van der Waals surface area (Å²) in [6.45, 7) is 7.61. The maximum Gasteiger partial charge on any atom is 0.304 e. The minimum atomic E-state index is -0.278. The van der Waals surface area contributed by atoms with Crippen LogP contribution in [0, 0.1) is 11.3 Å². The van der Waals surface area contributed by atoms with Gasteiger partial charge in [0.2, 0.25) is 5.91 Å². The average molecular weight is 527 g/mol. The summed E-state index contributed by atoms with van der Waals surface area (Å²) in [4.78, 5) is 27.6. The smallest absolute Gasteiger partial charge is 0.304 e. The van der Waals surface area contributed by atoms with Gasteiger partial charge in [0, 0.05) is 43.5 Å². The molecular formula is C28H30N8O3. The molecule has 2 aromatic rings. The molecule has 0 saturated carbocycles. The summed E-state index contributed by atoms with van der Waals surface area (Å²) >= 11 is 0. The van der Waals surface area contributed by atoms with Gasteiger partial charge < -0.3 is 25.0 Å². The number of fused-ring (bicyclic) bond motifs is 1. The Morgan fingerprint density at radius 2 is 1.85 bits per heavy atom. The first-order valence-electron chi connectivity index (χ1n) is 12.6. The summed E-state index contributed by atoms with van der Waals surface area (Å²) in [5.74, 6) is 1.99. The number of amides is 1. The van der Waals surface area contributed by atoms with Crippen LogP contribution in [0.1, 0.15) is 37.5 Å². The van der Waals surface area contributed by atoms with Crippen LogP contribution < -0.4 is 30.3 Å². The van der Waals surface area contributed by atoms with E-state index in [4.69, 9.17) is 9.47 Å². The fourth-order valence-electron chi connectivity index (χ4n) is 4.26. The predicted octanol–water partition coefficient (Wildman–Crippen LogP) is 2.39. The molecule has 39 heavy (non-hydrogen) atoms. The number of rotatable bonds is 5. The third kappa shape index (κ3) is 5.55. The number of nitrogens with one attached hydrogen (secondary N) is 3. The molecule has 200 valence electrons. The number of amidine groups is 3. The Hall–Kier alpha value is -4.85. The number of benzene rings is 2. The second-order valence-electron chi connectivity index (χ2n) is 10.5. The van der Waals surface area contributed by atoms with Crippen molar-refractivity contribution in [2.45, 2.75) is 26.2 Å². The number of ether oxygens (including phenoxy) is 2. The minimum absolute atomic E-state index is 0.0463. The Morgan fingerprint density at radius 1 is 1.03 bits per heavy atom. The van der Waals surface area contributed by atoms with E-state index in [2.05, 4.69) is 57.8 Å². The SMILES string of the molecule is CN(C)c1cc(OC2=C3NC(=O)CN=C3NC(Oc3cc(C#N)ccc3C(C)(C)C)=N2)cc(C2=NCCN2)c1. The van der Waals surface area contributed by atoms with Gasteiger partial charge in [-0.25, -0.2) is 0 Å². The van der Waals surface area contributed by atoms with Gasteiger partial charge in [-0.1, -0.05) is 26.8 Å². The molecule has 0 radical (unpaired) electrons. The highest BCUT2D eigenvalue weighted by atomic mass is 16.5. The fraction of sp³-hybridized carbons (Fsp3) is 0.321. The molecule has 3 aliphatic heterocycles. The monoisotopic (exact) mass is 526 g/mol. The van der Waals surface area contributed by atoms with Crippen molar-refractivity contribution in [1.82, 2.24) is 16.0 Å². The third-order valence-corrected chi connectivity index (χ3v) is 6.22. The lowest BCUT2D eigenvalue weighted by atomic mass is 9.86. The number of aliphatic imine (C=N–C) groups is 3. The minimum Gasteiger partial charge on any atom is -0.437 e.